The molecular weight excluding hydrogens is 272 g/mol. The lowest BCUT2D eigenvalue weighted by atomic mass is 9.93. The fraction of sp³-hybridized carbons (Fsp3) is 0.571. The molecule has 0 unspecified atom stereocenters. The smallest absolute Gasteiger partial charge is 0.268 e. The van der Waals surface area contributed by atoms with Crippen molar-refractivity contribution in [2.24, 2.45) is 0 Å². The number of thiazole rings is 1. The molecule has 1 heterocycles. The van der Waals surface area contributed by atoms with E-state index in [0.717, 1.165) is 24.4 Å². The van der Waals surface area contributed by atoms with Gasteiger partial charge in [-0.2, -0.15) is 0 Å². The second-order valence-corrected chi connectivity index (χ2v) is 5.94. The Bertz CT molecular complexity index is 516. The van der Waals surface area contributed by atoms with Crippen molar-refractivity contribution in [3.05, 3.63) is 4.88 Å². The molecule has 1 amide bonds. The van der Waals surface area contributed by atoms with Gasteiger partial charge in [-0.3, -0.25) is 4.79 Å². The van der Waals surface area contributed by atoms with Crippen molar-refractivity contribution in [3.63, 3.8) is 0 Å². The second-order valence-electron chi connectivity index (χ2n) is 4.94. The first-order valence-corrected chi connectivity index (χ1v) is 7.73. The summed E-state index contributed by atoms with van der Waals surface area (Å²) >= 11 is 1.32. The van der Waals surface area contributed by atoms with Crippen LogP contribution in [0.4, 0.5) is 10.9 Å². The van der Waals surface area contributed by atoms with Crippen LogP contribution < -0.4 is 11.1 Å². The standard InChI is InChI=1S/C14H20N4OS/c1-3-8-18(9-4-2)13(19)11-12(15)17-14(20-11)16-10-6-5-7-10/h1,10H,4-9,15H2,2H3,(H,16,17). The Morgan fingerprint density at radius 2 is 2.40 bits per heavy atom. The molecule has 20 heavy (non-hydrogen) atoms. The van der Waals surface area contributed by atoms with Gasteiger partial charge in [0.25, 0.3) is 5.91 Å². The number of nitrogen functional groups attached to an aromatic ring is 1. The van der Waals surface area contributed by atoms with E-state index in [4.69, 9.17) is 12.2 Å². The molecule has 0 aliphatic heterocycles. The molecule has 0 saturated heterocycles. The maximum atomic E-state index is 12.4. The summed E-state index contributed by atoms with van der Waals surface area (Å²) in [6.07, 6.45) is 9.73. The lowest BCUT2D eigenvalue weighted by Crippen LogP contribution is -2.32. The summed E-state index contributed by atoms with van der Waals surface area (Å²) in [6.45, 7) is 2.94. The van der Waals surface area contributed by atoms with Crippen LogP contribution in [0.3, 0.4) is 0 Å². The zero-order valence-electron chi connectivity index (χ0n) is 11.7. The van der Waals surface area contributed by atoms with E-state index < -0.39 is 0 Å². The maximum absolute atomic E-state index is 12.4. The average molecular weight is 292 g/mol. The van der Waals surface area contributed by atoms with Crippen LogP contribution in [0, 0.1) is 12.3 Å². The molecule has 1 aliphatic carbocycles. The number of terminal acetylenes is 1. The number of nitrogens with two attached hydrogens (primary N) is 1. The molecule has 1 saturated carbocycles. The van der Waals surface area contributed by atoms with Gasteiger partial charge >= 0.3 is 0 Å². The van der Waals surface area contributed by atoms with Crippen molar-refractivity contribution in [2.45, 2.75) is 38.6 Å². The molecule has 0 aromatic carbocycles. The minimum absolute atomic E-state index is 0.124. The number of amides is 1. The molecule has 5 nitrogen and oxygen atoms in total. The summed E-state index contributed by atoms with van der Waals surface area (Å²) in [4.78, 5) is 18.8. The molecule has 3 N–H and O–H groups in total. The molecule has 0 atom stereocenters. The first-order chi connectivity index (χ1) is 9.65. The zero-order chi connectivity index (χ0) is 14.5. The quantitative estimate of drug-likeness (QED) is 0.788. The second kappa shape index (κ2) is 6.62. The van der Waals surface area contributed by atoms with E-state index in [0.29, 0.717) is 29.8 Å². The van der Waals surface area contributed by atoms with E-state index in [1.54, 1.807) is 4.90 Å². The van der Waals surface area contributed by atoms with Crippen LogP contribution in [-0.2, 0) is 0 Å². The van der Waals surface area contributed by atoms with Gasteiger partial charge in [0.1, 0.15) is 10.7 Å². The lowest BCUT2D eigenvalue weighted by Gasteiger charge is -2.25. The largest absolute Gasteiger partial charge is 0.382 e. The molecule has 1 aromatic rings. The predicted octanol–water partition coefficient (Wildman–Crippen LogP) is 2.18. The van der Waals surface area contributed by atoms with Gasteiger partial charge in [0.05, 0.1) is 6.54 Å². The van der Waals surface area contributed by atoms with E-state index >= 15 is 0 Å². The Balaban J connectivity index is 2.09. The molecule has 6 heteroatoms. The van der Waals surface area contributed by atoms with Gasteiger partial charge in [0.15, 0.2) is 5.13 Å². The van der Waals surface area contributed by atoms with Crippen LogP contribution in [-0.4, -0.2) is 34.9 Å². The normalized spacial score (nSPS) is 14.4. The number of anilines is 2. The Morgan fingerprint density at radius 3 is 2.95 bits per heavy atom. The molecule has 0 radical (unpaired) electrons. The van der Waals surface area contributed by atoms with Gasteiger partial charge in [-0.15, -0.1) is 6.42 Å². The minimum atomic E-state index is -0.124. The number of rotatable bonds is 6. The highest BCUT2D eigenvalue weighted by molar-refractivity contribution is 7.18. The highest BCUT2D eigenvalue weighted by Gasteiger charge is 2.23. The number of hydrogen-bond donors (Lipinski definition) is 2. The van der Waals surface area contributed by atoms with Gasteiger partial charge in [-0.05, 0) is 25.7 Å². The number of nitrogens with zero attached hydrogens (tertiary/aromatic N) is 2. The van der Waals surface area contributed by atoms with Crippen molar-refractivity contribution in [3.8, 4) is 12.3 Å². The van der Waals surface area contributed by atoms with Crippen molar-refractivity contribution in [2.75, 3.05) is 24.1 Å². The Labute approximate surface area is 123 Å². The first kappa shape index (κ1) is 14.7. The fourth-order valence-electron chi connectivity index (χ4n) is 2.05. The van der Waals surface area contributed by atoms with E-state index in [1.165, 1.54) is 17.8 Å². The van der Waals surface area contributed by atoms with Crippen LogP contribution in [0.5, 0.6) is 0 Å². The number of aromatic nitrogens is 1. The third-order valence-corrected chi connectivity index (χ3v) is 4.33. The molecule has 0 spiro atoms. The van der Waals surface area contributed by atoms with E-state index in [2.05, 4.69) is 16.2 Å². The minimum Gasteiger partial charge on any atom is -0.382 e. The Kier molecular flexibility index (Phi) is 4.85. The summed E-state index contributed by atoms with van der Waals surface area (Å²) in [5, 5.41) is 4.04. The monoisotopic (exact) mass is 292 g/mol. The zero-order valence-corrected chi connectivity index (χ0v) is 12.5. The van der Waals surface area contributed by atoms with E-state index in [9.17, 15) is 4.79 Å². The third kappa shape index (κ3) is 3.23. The van der Waals surface area contributed by atoms with Crippen molar-refractivity contribution >= 4 is 28.2 Å². The molecule has 108 valence electrons. The van der Waals surface area contributed by atoms with Crippen LogP contribution in [0.1, 0.15) is 42.3 Å². The van der Waals surface area contributed by atoms with Crippen molar-refractivity contribution in [1.29, 1.82) is 0 Å². The Morgan fingerprint density at radius 1 is 1.65 bits per heavy atom. The number of hydrogen-bond acceptors (Lipinski definition) is 5. The van der Waals surface area contributed by atoms with Gasteiger partial charge < -0.3 is 16.0 Å². The molecule has 1 fully saturated rings. The van der Waals surface area contributed by atoms with Gasteiger partial charge in [-0.1, -0.05) is 24.2 Å². The van der Waals surface area contributed by atoms with E-state index in [1.807, 2.05) is 6.92 Å². The Hall–Kier alpha value is -1.74. The topological polar surface area (TPSA) is 71.2 Å². The highest BCUT2D eigenvalue weighted by Crippen LogP contribution is 2.30. The van der Waals surface area contributed by atoms with Crippen molar-refractivity contribution < 1.29 is 4.79 Å². The molecular formula is C14H20N4OS. The van der Waals surface area contributed by atoms with E-state index in [-0.39, 0.29) is 5.91 Å². The number of carbonyl (C=O) groups is 1. The van der Waals surface area contributed by atoms with Crippen LogP contribution in [0.15, 0.2) is 0 Å². The summed E-state index contributed by atoms with van der Waals surface area (Å²) in [7, 11) is 0. The molecule has 0 bridgehead atoms. The summed E-state index contributed by atoms with van der Waals surface area (Å²) in [5.41, 5.74) is 5.87. The summed E-state index contributed by atoms with van der Waals surface area (Å²) in [5.74, 6) is 2.68. The SMILES string of the molecule is C#CCN(CCC)C(=O)c1sc(NC2CCC2)nc1N. The average Bonchev–Trinajstić information content (AvgIpc) is 2.74. The summed E-state index contributed by atoms with van der Waals surface area (Å²) in [6, 6.07) is 0.473. The first-order valence-electron chi connectivity index (χ1n) is 6.91. The number of carbonyl (C=O) groups excluding carboxylic acids is 1. The van der Waals surface area contributed by atoms with Crippen molar-refractivity contribution in [1.82, 2.24) is 9.88 Å². The van der Waals surface area contributed by atoms with Crippen LogP contribution in [0.25, 0.3) is 0 Å². The van der Waals surface area contributed by atoms with Gasteiger partial charge in [-0.25, -0.2) is 4.98 Å². The van der Waals surface area contributed by atoms with Crippen LogP contribution in [0.2, 0.25) is 0 Å². The maximum Gasteiger partial charge on any atom is 0.268 e. The molecule has 2 rings (SSSR count). The summed E-state index contributed by atoms with van der Waals surface area (Å²) < 4.78 is 0. The van der Waals surface area contributed by atoms with Crippen LogP contribution >= 0.6 is 11.3 Å². The molecule has 1 aromatic heterocycles. The third-order valence-electron chi connectivity index (χ3n) is 3.34. The predicted molar refractivity (Wildman–Crippen MR) is 82.8 cm³/mol. The molecule has 1 aliphatic rings. The lowest BCUT2D eigenvalue weighted by molar-refractivity contribution is 0.0782. The highest BCUT2D eigenvalue weighted by atomic mass is 32.1. The van der Waals surface area contributed by atoms with Gasteiger partial charge in [0, 0.05) is 12.6 Å². The fourth-order valence-corrected chi connectivity index (χ4v) is 2.98. The number of nitrogens with one attached hydrogen (secondary N) is 1. The van der Waals surface area contributed by atoms with Gasteiger partial charge in [0.2, 0.25) is 0 Å².